The fourth-order valence-electron chi connectivity index (χ4n) is 6.99. The van der Waals surface area contributed by atoms with Gasteiger partial charge in [0.05, 0.1) is 19.6 Å². The summed E-state index contributed by atoms with van der Waals surface area (Å²) >= 11 is 0. The maximum atomic E-state index is 14.1. The lowest BCUT2D eigenvalue weighted by atomic mass is 10.0. The van der Waals surface area contributed by atoms with Crippen LogP contribution in [0.5, 0.6) is 11.5 Å². The predicted molar refractivity (Wildman–Crippen MR) is 260 cm³/mol. The highest BCUT2D eigenvalue weighted by Gasteiger charge is 2.42. The van der Waals surface area contributed by atoms with Gasteiger partial charge in [0, 0.05) is 19.3 Å². The number of esters is 1. The Morgan fingerprint density at radius 2 is 1.14 bits per heavy atom. The van der Waals surface area contributed by atoms with Gasteiger partial charge >= 0.3 is 28.3 Å². The molecule has 0 saturated carbocycles. The average molecular weight is 1030 g/mol. The standard InChI is InChI=1S/C49H66N6O16S/c1-6-8-15-36(53-46(64)40(28-33-19-23-35(57)24-20-33)55(72(67,68)69)48(66)71-49(3,4)5)43(61)50-30-41(58)51-38(27-32-17-21-34(56)22-18-32)45(63)52-37(16-9-7-2)44(62)54-39(29-42(59)60)47(65)70-26-25-31-13-11-10-12-14-31/h10-14,17-24,36-40,56-57H,6-9,15-16,25-30H2,1-5H3,(H,50,61)(H,51,58)(H,52,63)(H,53,64)(H,54,62)(H,59,60)(H,67,68,69). The summed E-state index contributed by atoms with van der Waals surface area (Å²) < 4.78 is 46.1. The van der Waals surface area contributed by atoms with Gasteiger partial charge in [-0.15, -0.1) is 0 Å². The molecule has 23 heteroatoms. The molecule has 5 atom stereocenters. The normalized spacial score (nSPS) is 13.4. The van der Waals surface area contributed by atoms with Crippen molar-refractivity contribution in [2.24, 2.45) is 0 Å². The summed E-state index contributed by atoms with van der Waals surface area (Å²) in [7, 11) is -5.50. The molecule has 9 N–H and O–H groups in total. The maximum absolute atomic E-state index is 14.1. The Bertz CT molecular complexity index is 2410. The third kappa shape index (κ3) is 21.0. The third-order valence-corrected chi connectivity index (χ3v) is 11.5. The number of ether oxygens (including phenoxy) is 2. The zero-order valence-corrected chi connectivity index (χ0v) is 41.7. The van der Waals surface area contributed by atoms with Gasteiger partial charge < -0.3 is 51.4 Å². The van der Waals surface area contributed by atoms with Crippen LogP contribution in [-0.4, -0.2) is 129 Å². The minimum absolute atomic E-state index is 0.0350. The first-order chi connectivity index (χ1) is 33.9. The minimum atomic E-state index is -5.50. The van der Waals surface area contributed by atoms with E-state index in [1.54, 1.807) is 19.1 Å². The molecule has 0 heterocycles. The number of aromatic hydroxyl groups is 2. The number of amides is 6. The van der Waals surface area contributed by atoms with Crippen molar-refractivity contribution in [1.29, 1.82) is 0 Å². The van der Waals surface area contributed by atoms with E-state index in [-0.39, 0.29) is 47.2 Å². The summed E-state index contributed by atoms with van der Waals surface area (Å²) in [5.74, 6) is -7.54. The molecule has 0 saturated heterocycles. The largest absolute Gasteiger partial charge is 0.508 e. The fraction of sp³-hybridized carbons (Fsp3) is 0.469. The van der Waals surface area contributed by atoms with Crippen molar-refractivity contribution in [3.8, 4) is 11.5 Å². The monoisotopic (exact) mass is 1030 g/mol. The van der Waals surface area contributed by atoms with Crippen LogP contribution in [0.1, 0.15) is 96.3 Å². The molecule has 0 aromatic heterocycles. The third-order valence-electron chi connectivity index (χ3n) is 10.6. The lowest BCUT2D eigenvalue weighted by Crippen LogP contribution is -2.58. The van der Waals surface area contributed by atoms with Crippen molar-refractivity contribution in [3.05, 3.63) is 95.6 Å². The van der Waals surface area contributed by atoms with Gasteiger partial charge in [0.25, 0.3) is 0 Å². The number of carbonyl (C=O) groups is 8. The topological polar surface area (TPSA) is 333 Å². The number of hydrogen-bond acceptors (Lipinski definition) is 14. The van der Waals surface area contributed by atoms with Crippen molar-refractivity contribution >= 4 is 57.9 Å². The summed E-state index contributed by atoms with van der Waals surface area (Å²) in [6.45, 7) is 6.99. The zero-order chi connectivity index (χ0) is 53.6. The van der Waals surface area contributed by atoms with Crippen LogP contribution in [-0.2, 0) is 72.6 Å². The molecule has 72 heavy (non-hydrogen) atoms. The van der Waals surface area contributed by atoms with Crippen molar-refractivity contribution < 1.29 is 76.1 Å². The van der Waals surface area contributed by atoms with Gasteiger partial charge in [0.15, 0.2) is 0 Å². The first-order valence-corrected chi connectivity index (χ1v) is 24.8. The predicted octanol–water partition coefficient (Wildman–Crippen LogP) is 2.99. The van der Waals surface area contributed by atoms with Crippen molar-refractivity contribution in [2.75, 3.05) is 13.2 Å². The fourth-order valence-corrected chi connectivity index (χ4v) is 7.71. The Morgan fingerprint density at radius 1 is 0.639 bits per heavy atom. The van der Waals surface area contributed by atoms with E-state index in [0.29, 0.717) is 37.7 Å². The zero-order valence-electron chi connectivity index (χ0n) is 40.9. The molecule has 394 valence electrons. The molecule has 0 spiro atoms. The van der Waals surface area contributed by atoms with Gasteiger partial charge in [-0.3, -0.25) is 33.3 Å². The second-order valence-corrected chi connectivity index (χ2v) is 19.1. The molecule has 3 aromatic carbocycles. The van der Waals surface area contributed by atoms with Crippen molar-refractivity contribution in [2.45, 2.75) is 135 Å². The second kappa shape index (κ2) is 28.5. The minimum Gasteiger partial charge on any atom is -0.508 e. The van der Waals surface area contributed by atoms with Crippen LogP contribution >= 0.6 is 0 Å². The van der Waals surface area contributed by atoms with Gasteiger partial charge in [0.2, 0.25) is 29.5 Å². The number of rotatable bonds is 28. The summed E-state index contributed by atoms with van der Waals surface area (Å²) in [5.41, 5.74) is 0.245. The number of carbonyl (C=O) groups excluding carboxylic acids is 7. The highest BCUT2D eigenvalue weighted by atomic mass is 32.2. The van der Waals surface area contributed by atoms with Crippen LogP contribution < -0.4 is 26.6 Å². The Morgan fingerprint density at radius 3 is 1.65 bits per heavy atom. The molecule has 0 bridgehead atoms. The van der Waals surface area contributed by atoms with Crippen LogP contribution in [0.15, 0.2) is 78.9 Å². The average Bonchev–Trinajstić information content (AvgIpc) is 3.30. The van der Waals surface area contributed by atoms with Gasteiger partial charge in [-0.1, -0.05) is 94.1 Å². The van der Waals surface area contributed by atoms with Crippen LogP contribution in [0.2, 0.25) is 0 Å². The van der Waals surface area contributed by atoms with Gasteiger partial charge in [0.1, 0.15) is 47.3 Å². The SMILES string of the molecule is CCCCC(NC(=O)C(Cc1ccc(O)cc1)NC(=O)CNC(=O)C(CCCC)NC(=O)C(Cc1ccc(O)cc1)N(C(=O)OC(C)(C)C)S(=O)(=O)O)C(=O)NC(CC(=O)O)C(=O)OCCc1ccccc1. The summed E-state index contributed by atoms with van der Waals surface area (Å²) in [6, 6.07) is 12.0. The number of carboxylic acids is 1. The number of phenolic OH excluding ortho intramolecular Hbond substituents is 2. The van der Waals surface area contributed by atoms with Crippen LogP contribution in [0.3, 0.4) is 0 Å². The smallest absolute Gasteiger partial charge is 0.426 e. The Labute approximate surface area is 418 Å². The molecule has 3 aromatic rings. The number of benzene rings is 3. The Balaban J connectivity index is 1.84. The Hall–Kier alpha value is -7.27. The lowest BCUT2D eigenvalue weighted by molar-refractivity contribution is -0.152. The molecule has 0 fully saturated rings. The lowest BCUT2D eigenvalue weighted by Gasteiger charge is -2.31. The van der Waals surface area contributed by atoms with Gasteiger partial charge in [-0.2, -0.15) is 12.7 Å². The molecular weight excluding hydrogens is 961 g/mol. The molecule has 0 aliphatic rings. The van der Waals surface area contributed by atoms with E-state index in [4.69, 9.17) is 9.47 Å². The van der Waals surface area contributed by atoms with E-state index in [1.165, 1.54) is 69.3 Å². The molecule has 6 amide bonds. The number of phenols is 2. The first kappa shape index (κ1) is 59.0. The van der Waals surface area contributed by atoms with E-state index in [9.17, 15) is 66.6 Å². The quantitative estimate of drug-likeness (QED) is 0.0373. The maximum Gasteiger partial charge on any atom is 0.426 e. The number of unbranched alkanes of at least 4 members (excludes halogenated alkanes) is 2. The molecule has 0 aliphatic carbocycles. The van der Waals surface area contributed by atoms with Crippen LogP contribution in [0.4, 0.5) is 4.79 Å². The van der Waals surface area contributed by atoms with Gasteiger partial charge in [-0.25, -0.2) is 9.59 Å². The van der Waals surface area contributed by atoms with Crippen molar-refractivity contribution in [3.63, 3.8) is 0 Å². The molecule has 3 rings (SSSR count). The van der Waals surface area contributed by atoms with E-state index < -0.39 is 113 Å². The number of nitrogens with one attached hydrogen (secondary N) is 5. The molecule has 0 radical (unpaired) electrons. The van der Waals surface area contributed by atoms with E-state index in [1.807, 2.05) is 25.1 Å². The number of hydrogen-bond donors (Lipinski definition) is 9. The molecule has 0 aliphatic heterocycles. The van der Waals surface area contributed by atoms with E-state index >= 15 is 0 Å². The van der Waals surface area contributed by atoms with Crippen LogP contribution in [0, 0.1) is 0 Å². The first-order valence-electron chi connectivity index (χ1n) is 23.4. The summed E-state index contributed by atoms with van der Waals surface area (Å²) in [6.07, 6.45) is -1.08. The van der Waals surface area contributed by atoms with E-state index in [2.05, 4.69) is 26.6 Å². The molecule has 5 unspecified atom stereocenters. The summed E-state index contributed by atoms with van der Waals surface area (Å²) in [4.78, 5) is 107. The number of carboxylic acid groups (broad SMARTS) is 1. The molecular formula is C49H66N6O16S. The van der Waals surface area contributed by atoms with Gasteiger partial charge in [-0.05, 0) is 74.6 Å². The highest BCUT2D eigenvalue weighted by Crippen LogP contribution is 2.21. The number of aliphatic carboxylic acids is 1. The molecule has 22 nitrogen and oxygen atoms in total. The van der Waals surface area contributed by atoms with Crippen LogP contribution in [0.25, 0.3) is 0 Å². The summed E-state index contributed by atoms with van der Waals surface area (Å²) in [5, 5.41) is 41.6. The number of nitrogens with zero attached hydrogens (tertiary/aromatic N) is 1. The second-order valence-electron chi connectivity index (χ2n) is 17.8. The highest BCUT2D eigenvalue weighted by molar-refractivity contribution is 7.84. The van der Waals surface area contributed by atoms with Crippen molar-refractivity contribution in [1.82, 2.24) is 30.9 Å². The van der Waals surface area contributed by atoms with E-state index in [0.717, 1.165) is 5.56 Å². The Kier molecular flexibility index (Phi) is 23.4.